The van der Waals surface area contributed by atoms with E-state index in [1.807, 2.05) is 0 Å². The second-order valence-corrected chi connectivity index (χ2v) is 12.4. The Balaban J connectivity index is 1.17. The van der Waals surface area contributed by atoms with Crippen LogP contribution in [0.5, 0.6) is 0 Å². The molecule has 29 heavy (non-hydrogen) atoms. The highest BCUT2D eigenvalue weighted by Crippen LogP contribution is 2.51. The molecular weight excluding hydrogens is 354 g/mol. The van der Waals surface area contributed by atoms with Gasteiger partial charge in [-0.25, -0.2) is 0 Å². The van der Waals surface area contributed by atoms with Gasteiger partial charge in [0.2, 0.25) is 0 Å². The molecule has 0 aromatic heterocycles. The Bertz CT molecular complexity index is 502. The van der Waals surface area contributed by atoms with Crippen molar-refractivity contribution in [2.45, 2.75) is 78.6 Å². The van der Waals surface area contributed by atoms with Gasteiger partial charge in [-0.1, -0.05) is 20.8 Å². The van der Waals surface area contributed by atoms with Gasteiger partial charge in [-0.3, -0.25) is 0 Å². The molecule has 1 aliphatic carbocycles. The quantitative estimate of drug-likeness (QED) is 0.594. The normalized spacial score (nSPS) is 30.1. The predicted octanol–water partition coefficient (Wildman–Crippen LogP) is 4.97. The lowest BCUT2D eigenvalue weighted by Gasteiger charge is -2.45. The van der Waals surface area contributed by atoms with Crippen molar-refractivity contribution in [2.24, 2.45) is 28.6 Å². The van der Waals surface area contributed by atoms with Crippen LogP contribution in [-0.2, 0) is 0 Å². The number of hydrogen-bond acceptors (Lipinski definition) is 3. The van der Waals surface area contributed by atoms with E-state index >= 15 is 0 Å². The monoisotopic (exact) mass is 403 g/mol. The molecule has 1 saturated carbocycles. The van der Waals surface area contributed by atoms with Crippen LogP contribution in [0.1, 0.15) is 78.6 Å². The third kappa shape index (κ3) is 5.98. The van der Waals surface area contributed by atoms with Crippen LogP contribution in [0.3, 0.4) is 0 Å². The fraction of sp³-hybridized carbons (Fsp3) is 1.00. The average molecular weight is 404 g/mol. The SMILES string of the molecule is CC(C)CC1(CN2CCC(C)(CN3CCC(C4CCN(C)CC4)CC3)CC2)CC1. The van der Waals surface area contributed by atoms with Gasteiger partial charge in [-0.05, 0) is 133 Å². The van der Waals surface area contributed by atoms with Gasteiger partial charge in [0.15, 0.2) is 0 Å². The average Bonchev–Trinajstić information content (AvgIpc) is 3.43. The predicted molar refractivity (Wildman–Crippen MR) is 124 cm³/mol. The van der Waals surface area contributed by atoms with E-state index in [9.17, 15) is 0 Å². The third-order valence-corrected chi connectivity index (χ3v) is 9.09. The Morgan fingerprint density at radius 2 is 1.24 bits per heavy atom. The summed E-state index contributed by atoms with van der Waals surface area (Å²) in [6.45, 7) is 18.3. The van der Waals surface area contributed by atoms with Crippen LogP contribution in [-0.4, -0.2) is 74.1 Å². The molecule has 3 heteroatoms. The number of likely N-dealkylation sites (tertiary alicyclic amines) is 3. The molecule has 3 aliphatic heterocycles. The van der Waals surface area contributed by atoms with E-state index in [-0.39, 0.29) is 0 Å². The minimum atomic E-state index is 0.561. The molecular formula is C26H49N3. The van der Waals surface area contributed by atoms with Gasteiger partial charge < -0.3 is 14.7 Å². The Morgan fingerprint density at radius 3 is 1.76 bits per heavy atom. The van der Waals surface area contributed by atoms with E-state index in [1.54, 1.807) is 0 Å². The lowest BCUT2D eigenvalue weighted by Crippen LogP contribution is -2.48. The molecule has 0 radical (unpaired) electrons. The lowest BCUT2D eigenvalue weighted by atomic mass is 9.76. The van der Waals surface area contributed by atoms with E-state index in [4.69, 9.17) is 0 Å². The van der Waals surface area contributed by atoms with Crippen LogP contribution in [0.2, 0.25) is 0 Å². The highest BCUT2D eigenvalue weighted by Gasteiger charge is 2.45. The first-order valence-electron chi connectivity index (χ1n) is 13.0. The zero-order chi connectivity index (χ0) is 20.5. The summed E-state index contributed by atoms with van der Waals surface area (Å²) in [7, 11) is 2.29. The zero-order valence-electron chi connectivity index (χ0n) is 20.1. The molecule has 3 heterocycles. The number of hydrogen-bond donors (Lipinski definition) is 0. The summed E-state index contributed by atoms with van der Waals surface area (Å²) in [5, 5.41) is 0. The maximum absolute atomic E-state index is 2.84. The maximum Gasteiger partial charge on any atom is 0.00381 e. The molecule has 4 rings (SSSR count). The Hall–Kier alpha value is -0.120. The van der Waals surface area contributed by atoms with Gasteiger partial charge in [0.1, 0.15) is 0 Å². The van der Waals surface area contributed by atoms with Gasteiger partial charge in [-0.15, -0.1) is 0 Å². The summed E-state index contributed by atoms with van der Waals surface area (Å²) >= 11 is 0. The summed E-state index contributed by atoms with van der Waals surface area (Å²) in [6, 6.07) is 0. The number of piperidine rings is 3. The Labute approximate surface area is 181 Å². The molecule has 3 nitrogen and oxygen atoms in total. The van der Waals surface area contributed by atoms with Gasteiger partial charge in [0, 0.05) is 13.1 Å². The minimum absolute atomic E-state index is 0.561. The summed E-state index contributed by atoms with van der Waals surface area (Å²) in [4.78, 5) is 8.18. The first kappa shape index (κ1) is 22.1. The third-order valence-electron chi connectivity index (χ3n) is 9.09. The van der Waals surface area contributed by atoms with E-state index in [0.29, 0.717) is 10.8 Å². The molecule has 0 spiro atoms. The molecule has 0 N–H and O–H groups in total. The molecule has 0 aromatic carbocycles. The smallest absolute Gasteiger partial charge is 0.00381 e. The standard InChI is InChI=1S/C26H49N3/c1-22(2)19-26(9-10-26)21-29-17-11-25(3,12-18-29)20-28-15-7-24(8-16-28)23-5-13-27(4)14-6-23/h22-24H,5-21H2,1-4H3. The summed E-state index contributed by atoms with van der Waals surface area (Å²) < 4.78 is 0. The fourth-order valence-electron chi connectivity index (χ4n) is 6.98. The van der Waals surface area contributed by atoms with Crippen LogP contribution < -0.4 is 0 Å². The van der Waals surface area contributed by atoms with Crippen molar-refractivity contribution >= 4 is 0 Å². The van der Waals surface area contributed by atoms with Crippen molar-refractivity contribution < 1.29 is 0 Å². The second-order valence-electron chi connectivity index (χ2n) is 12.4. The van der Waals surface area contributed by atoms with Crippen LogP contribution in [0.4, 0.5) is 0 Å². The van der Waals surface area contributed by atoms with E-state index in [0.717, 1.165) is 17.8 Å². The highest BCUT2D eigenvalue weighted by atomic mass is 15.2. The zero-order valence-corrected chi connectivity index (χ0v) is 20.1. The van der Waals surface area contributed by atoms with E-state index < -0.39 is 0 Å². The fourth-order valence-corrected chi connectivity index (χ4v) is 6.98. The lowest BCUT2D eigenvalue weighted by molar-refractivity contribution is 0.0398. The van der Waals surface area contributed by atoms with Gasteiger partial charge >= 0.3 is 0 Å². The first-order valence-corrected chi connectivity index (χ1v) is 13.0. The number of nitrogens with zero attached hydrogens (tertiary/aromatic N) is 3. The van der Waals surface area contributed by atoms with Crippen molar-refractivity contribution in [3.05, 3.63) is 0 Å². The first-order chi connectivity index (χ1) is 13.8. The van der Waals surface area contributed by atoms with Crippen molar-refractivity contribution in [1.82, 2.24) is 14.7 Å². The molecule has 4 fully saturated rings. The molecule has 168 valence electrons. The highest BCUT2D eigenvalue weighted by molar-refractivity contribution is 4.97. The maximum atomic E-state index is 2.84. The van der Waals surface area contributed by atoms with Crippen molar-refractivity contribution in [3.63, 3.8) is 0 Å². The van der Waals surface area contributed by atoms with Crippen molar-refractivity contribution in [2.75, 3.05) is 59.4 Å². The van der Waals surface area contributed by atoms with Crippen molar-refractivity contribution in [1.29, 1.82) is 0 Å². The topological polar surface area (TPSA) is 9.72 Å². The van der Waals surface area contributed by atoms with Gasteiger partial charge in [-0.2, -0.15) is 0 Å². The molecule has 0 amide bonds. The molecule has 0 unspecified atom stereocenters. The second kappa shape index (κ2) is 9.17. The summed E-state index contributed by atoms with van der Waals surface area (Å²) in [5.74, 6) is 2.91. The van der Waals surface area contributed by atoms with Gasteiger partial charge in [0.05, 0.1) is 0 Å². The Morgan fingerprint density at radius 1 is 0.724 bits per heavy atom. The molecule has 0 bridgehead atoms. The van der Waals surface area contributed by atoms with Crippen molar-refractivity contribution in [3.8, 4) is 0 Å². The Kier molecular flexibility index (Phi) is 6.98. The molecule has 0 atom stereocenters. The summed E-state index contributed by atoms with van der Waals surface area (Å²) in [5.41, 5.74) is 1.27. The minimum Gasteiger partial charge on any atom is -0.306 e. The van der Waals surface area contributed by atoms with Gasteiger partial charge in [0.25, 0.3) is 0 Å². The van der Waals surface area contributed by atoms with E-state index in [2.05, 4.69) is 42.5 Å². The van der Waals surface area contributed by atoms with Crippen LogP contribution in [0, 0.1) is 28.6 Å². The van der Waals surface area contributed by atoms with Crippen LogP contribution in [0.25, 0.3) is 0 Å². The van der Waals surface area contributed by atoms with Crippen LogP contribution >= 0.6 is 0 Å². The largest absolute Gasteiger partial charge is 0.306 e. The van der Waals surface area contributed by atoms with E-state index in [1.165, 1.54) is 110 Å². The molecule has 3 saturated heterocycles. The molecule has 0 aromatic rings. The number of rotatable bonds is 7. The molecule has 4 aliphatic rings. The summed E-state index contributed by atoms with van der Waals surface area (Å²) in [6.07, 6.45) is 13.1. The van der Waals surface area contributed by atoms with Crippen LogP contribution in [0.15, 0.2) is 0 Å².